The molecule has 0 aliphatic carbocycles. The summed E-state index contributed by atoms with van der Waals surface area (Å²) in [7, 11) is 0. The van der Waals surface area contributed by atoms with Crippen LogP contribution in [0.3, 0.4) is 0 Å². The molecule has 0 fully saturated rings. The number of rotatable bonds is 4. The van der Waals surface area contributed by atoms with E-state index in [0.29, 0.717) is 13.0 Å². The summed E-state index contributed by atoms with van der Waals surface area (Å²) in [6.07, 6.45) is 6.55. The summed E-state index contributed by atoms with van der Waals surface area (Å²) in [6, 6.07) is 7.99. The molecule has 0 unspecified atom stereocenters. The minimum atomic E-state index is -0.675. The highest BCUT2D eigenvalue weighted by Crippen LogP contribution is 2.29. The van der Waals surface area contributed by atoms with E-state index in [9.17, 15) is 5.11 Å². The molecular formula is C17H20N2O2. The van der Waals surface area contributed by atoms with E-state index in [2.05, 4.69) is 15.6 Å². The van der Waals surface area contributed by atoms with Crippen LogP contribution in [-0.2, 0) is 6.54 Å². The number of para-hydroxylation sites is 1. The first-order chi connectivity index (χ1) is 10.0. The SMILES string of the molecule is CC(C)(O)CCn1ccnc1C1=Cc2ccccc2OC1. The van der Waals surface area contributed by atoms with Crippen molar-refractivity contribution in [3.63, 3.8) is 0 Å². The number of imidazole rings is 1. The number of nitrogens with zero attached hydrogens (tertiary/aromatic N) is 2. The molecule has 2 heterocycles. The van der Waals surface area contributed by atoms with Gasteiger partial charge in [0.25, 0.3) is 0 Å². The van der Waals surface area contributed by atoms with Crippen LogP contribution in [0.5, 0.6) is 5.75 Å². The van der Waals surface area contributed by atoms with Crippen LogP contribution in [0.25, 0.3) is 11.6 Å². The van der Waals surface area contributed by atoms with Crippen LogP contribution >= 0.6 is 0 Å². The Bertz CT molecular complexity index is 665. The van der Waals surface area contributed by atoms with Gasteiger partial charge in [0.05, 0.1) is 5.60 Å². The molecule has 4 heteroatoms. The molecule has 0 saturated heterocycles. The molecule has 1 aliphatic rings. The summed E-state index contributed by atoms with van der Waals surface area (Å²) >= 11 is 0. The predicted octanol–water partition coefficient (Wildman–Crippen LogP) is 2.98. The maximum atomic E-state index is 9.87. The molecule has 1 N–H and O–H groups in total. The van der Waals surface area contributed by atoms with Gasteiger partial charge in [-0.05, 0) is 32.4 Å². The van der Waals surface area contributed by atoms with E-state index in [0.717, 1.165) is 29.3 Å². The summed E-state index contributed by atoms with van der Waals surface area (Å²) < 4.78 is 7.86. The van der Waals surface area contributed by atoms with Crippen molar-refractivity contribution in [2.24, 2.45) is 0 Å². The van der Waals surface area contributed by atoms with E-state index in [1.807, 2.05) is 44.3 Å². The number of aromatic nitrogens is 2. The Balaban J connectivity index is 1.86. The van der Waals surface area contributed by atoms with Crippen molar-refractivity contribution in [1.29, 1.82) is 0 Å². The molecule has 1 aromatic carbocycles. The second-order valence-electron chi connectivity index (χ2n) is 6.00. The topological polar surface area (TPSA) is 47.3 Å². The second-order valence-corrected chi connectivity index (χ2v) is 6.00. The minimum absolute atomic E-state index is 0.524. The molecule has 21 heavy (non-hydrogen) atoms. The first kappa shape index (κ1) is 13.9. The average molecular weight is 284 g/mol. The van der Waals surface area contributed by atoms with Gasteiger partial charge in [-0.25, -0.2) is 4.98 Å². The smallest absolute Gasteiger partial charge is 0.139 e. The molecule has 0 radical (unpaired) electrons. The van der Waals surface area contributed by atoms with Crippen LogP contribution < -0.4 is 4.74 Å². The molecule has 0 spiro atoms. The number of hydrogen-bond acceptors (Lipinski definition) is 3. The highest BCUT2D eigenvalue weighted by Gasteiger charge is 2.18. The summed E-state index contributed by atoms with van der Waals surface area (Å²) in [5.74, 6) is 1.82. The van der Waals surface area contributed by atoms with Crippen molar-refractivity contribution in [3.8, 4) is 5.75 Å². The van der Waals surface area contributed by atoms with E-state index in [-0.39, 0.29) is 0 Å². The van der Waals surface area contributed by atoms with E-state index in [4.69, 9.17) is 4.74 Å². The fourth-order valence-electron chi connectivity index (χ4n) is 2.42. The van der Waals surface area contributed by atoms with E-state index >= 15 is 0 Å². The van der Waals surface area contributed by atoms with E-state index in [1.165, 1.54) is 0 Å². The molecule has 110 valence electrons. The normalized spacial score (nSPS) is 14.3. The lowest BCUT2D eigenvalue weighted by Gasteiger charge is -2.20. The zero-order chi connectivity index (χ0) is 14.9. The van der Waals surface area contributed by atoms with E-state index in [1.54, 1.807) is 6.20 Å². The Labute approximate surface area is 124 Å². The highest BCUT2D eigenvalue weighted by molar-refractivity contribution is 5.83. The predicted molar refractivity (Wildman–Crippen MR) is 82.9 cm³/mol. The van der Waals surface area contributed by atoms with Crippen molar-refractivity contribution in [3.05, 3.63) is 48.0 Å². The Kier molecular flexibility index (Phi) is 3.55. The molecule has 1 aromatic heterocycles. The van der Waals surface area contributed by atoms with Gasteiger partial charge in [-0.15, -0.1) is 0 Å². The third-order valence-corrected chi connectivity index (χ3v) is 3.60. The molecule has 3 rings (SSSR count). The zero-order valence-corrected chi connectivity index (χ0v) is 12.4. The maximum absolute atomic E-state index is 9.87. The Morgan fingerprint density at radius 1 is 1.33 bits per heavy atom. The zero-order valence-electron chi connectivity index (χ0n) is 12.4. The van der Waals surface area contributed by atoms with Gasteiger partial charge in [0.1, 0.15) is 18.2 Å². The van der Waals surface area contributed by atoms with Crippen molar-refractivity contribution in [1.82, 2.24) is 9.55 Å². The molecule has 1 aliphatic heterocycles. The van der Waals surface area contributed by atoms with Gasteiger partial charge in [0.15, 0.2) is 0 Å². The summed E-state index contributed by atoms with van der Waals surface area (Å²) in [4.78, 5) is 4.45. The van der Waals surface area contributed by atoms with Gasteiger partial charge in [-0.2, -0.15) is 0 Å². The van der Waals surface area contributed by atoms with Gasteiger partial charge in [0.2, 0.25) is 0 Å². The monoisotopic (exact) mass is 284 g/mol. The van der Waals surface area contributed by atoms with Gasteiger partial charge in [-0.3, -0.25) is 0 Å². The van der Waals surface area contributed by atoms with Crippen molar-refractivity contribution in [2.45, 2.75) is 32.4 Å². The molecule has 2 aromatic rings. The number of fused-ring (bicyclic) bond motifs is 1. The van der Waals surface area contributed by atoms with Crippen molar-refractivity contribution >= 4 is 11.6 Å². The summed E-state index contributed by atoms with van der Waals surface area (Å²) in [6.45, 7) is 4.90. The van der Waals surface area contributed by atoms with Crippen LogP contribution in [0, 0.1) is 0 Å². The molecule has 0 amide bonds. The number of aryl methyl sites for hydroxylation is 1. The Hall–Kier alpha value is -2.07. The van der Waals surface area contributed by atoms with Crippen molar-refractivity contribution < 1.29 is 9.84 Å². The van der Waals surface area contributed by atoms with Crippen LogP contribution in [0.4, 0.5) is 0 Å². The number of benzene rings is 1. The molecule has 0 atom stereocenters. The third-order valence-electron chi connectivity index (χ3n) is 3.60. The van der Waals surface area contributed by atoms with E-state index < -0.39 is 5.60 Å². The largest absolute Gasteiger partial charge is 0.488 e. The maximum Gasteiger partial charge on any atom is 0.139 e. The lowest BCUT2D eigenvalue weighted by molar-refractivity contribution is 0.0661. The van der Waals surface area contributed by atoms with Gasteiger partial charge < -0.3 is 14.4 Å². The lowest BCUT2D eigenvalue weighted by Crippen LogP contribution is -2.22. The molecule has 4 nitrogen and oxygen atoms in total. The first-order valence-electron chi connectivity index (χ1n) is 7.19. The molecule has 0 bridgehead atoms. The molecule has 0 saturated carbocycles. The minimum Gasteiger partial charge on any atom is -0.488 e. The fraction of sp³-hybridized carbons (Fsp3) is 0.353. The van der Waals surface area contributed by atoms with Crippen molar-refractivity contribution in [2.75, 3.05) is 6.61 Å². The van der Waals surface area contributed by atoms with Gasteiger partial charge >= 0.3 is 0 Å². The highest BCUT2D eigenvalue weighted by atomic mass is 16.5. The number of aliphatic hydroxyl groups is 1. The average Bonchev–Trinajstić information content (AvgIpc) is 2.92. The van der Waals surface area contributed by atoms with Crippen LogP contribution in [0.1, 0.15) is 31.7 Å². The van der Waals surface area contributed by atoms with Crippen LogP contribution in [-0.4, -0.2) is 26.9 Å². The second kappa shape index (κ2) is 5.37. The van der Waals surface area contributed by atoms with Crippen LogP contribution in [0.2, 0.25) is 0 Å². The number of hydrogen-bond donors (Lipinski definition) is 1. The summed E-state index contributed by atoms with van der Waals surface area (Å²) in [5, 5.41) is 9.87. The standard InChI is InChI=1S/C17H20N2O2/c1-17(2,20)7-9-19-10-8-18-16(19)14-11-13-5-3-4-6-15(13)21-12-14/h3-6,8,10-11,20H,7,9,12H2,1-2H3. The van der Waals surface area contributed by atoms with Gasteiger partial charge in [0, 0.05) is 30.1 Å². The van der Waals surface area contributed by atoms with Crippen LogP contribution in [0.15, 0.2) is 36.7 Å². The van der Waals surface area contributed by atoms with Gasteiger partial charge in [-0.1, -0.05) is 18.2 Å². The first-order valence-corrected chi connectivity index (χ1v) is 7.19. The lowest BCUT2D eigenvalue weighted by atomic mass is 10.1. The Morgan fingerprint density at radius 2 is 2.14 bits per heavy atom. The quantitative estimate of drug-likeness (QED) is 0.939. The summed E-state index contributed by atoms with van der Waals surface area (Å²) in [5.41, 5.74) is 1.47. The fourth-order valence-corrected chi connectivity index (χ4v) is 2.42. The molecular weight excluding hydrogens is 264 g/mol. The number of ether oxygens (including phenoxy) is 1. The third kappa shape index (κ3) is 3.16. The Morgan fingerprint density at radius 3 is 2.95 bits per heavy atom.